The number of rotatable bonds is 4. The van der Waals surface area contributed by atoms with Gasteiger partial charge in [0.05, 0.1) is 12.6 Å². The molecule has 0 aromatic heterocycles. The third-order valence-electron chi connectivity index (χ3n) is 3.42. The maximum atomic E-state index is 12.1. The minimum Gasteiger partial charge on any atom is -0.479 e. The first-order chi connectivity index (χ1) is 9.59. The van der Waals surface area contributed by atoms with E-state index in [1.165, 1.54) is 4.90 Å². The lowest BCUT2D eigenvalue weighted by Crippen LogP contribution is -2.46. The molecule has 2 atom stereocenters. The fourth-order valence-electron chi connectivity index (χ4n) is 2.15. The van der Waals surface area contributed by atoms with Gasteiger partial charge in [-0.2, -0.15) is 0 Å². The molecule has 2 N–H and O–H groups in total. The van der Waals surface area contributed by atoms with Crippen LogP contribution in [-0.4, -0.2) is 48.3 Å². The highest BCUT2D eigenvalue weighted by atomic mass is 16.5. The van der Waals surface area contributed by atoms with Crippen LogP contribution in [0.15, 0.2) is 30.3 Å². The number of aliphatic carboxylic acids is 1. The van der Waals surface area contributed by atoms with Crippen LogP contribution >= 0.6 is 0 Å². The molecule has 1 aliphatic rings. The van der Waals surface area contributed by atoms with E-state index in [4.69, 9.17) is 4.74 Å². The van der Waals surface area contributed by atoms with E-state index in [1.807, 2.05) is 0 Å². The van der Waals surface area contributed by atoms with Gasteiger partial charge < -0.3 is 20.1 Å². The van der Waals surface area contributed by atoms with Crippen molar-refractivity contribution in [3.05, 3.63) is 35.9 Å². The molecule has 1 fully saturated rings. The highest BCUT2D eigenvalue weighted by Crippen LogP contribution is 2.15. The van der Waals surface area contributed by atoms with Crippen molar-refractivity contribution in [3.8, 4) is 0 Å². The third-order valence-corrected chi connectivity index (χ3v) is 3.42. The van der Waals surface area contributed by atoms with E-state index in [2.05, 4.69) is 5.32 Å². The van der Waals surface area contributed by atoms with E-state index in [0.29, 0.717) is 18.8 Å². The summed E-state index contributed by atoms with van der Waals surface area (Å²) < 4.78 is 5.23. The second-order valence-corrected chi connectivity index (χ2v) is 4.76. The number of carboxylic acid groups (broad SMARTS) is 1. The quantitative estimate of drug-likeness (QED) is 0.868. The van der Waals surface area contributed by atoms with Crippen molar-refractivity contribution in [2.45, 2.75) is 18.5 Å². The number of hydrogen-bond donors (Lipinski definition) is 2. The standard InChI is InChI=1S/C14H18N2O4/c1-16(11-7-8-20-9-11)14(19)15-12(13(17)18)10-5-3-2-4-6-10/h2-6,11-12H,7-9H2,1H3,(H,15,19)(H,17,18)/t11?,12-/m0/s1. The van der Waals surface area contributed by atoms with Gasteiger partial charge in [0, 0.05) is 13.7 Å². The van der Waals surface area contributed by atoms with Gasteiger partial charge >= 0.3 is 12.0 Å². The Labute approximate surface area is 117 Å². The topological polar surface area (TPSA) is 78.9 Å². The minimum absolute atomic E-state index is 0.000202. The molecular weight excluding hydrogens is 260 g/mol. The molecule has 6 heteroatoms. The summed E-state index contributed by atoms with van der Waals surface area (Å²) in [4.78, 5) is 24.9. The van der Waals surface area contributed by atoms with Gasteiger partial charge in [-0.3, -0.25) is 0 Å². The Morgan fingerprint density at radius 3 is 2.65 bits per heavy atom. The van der Waals surface area contributed by atoms with Crippen LogP contribution in [0.3, 0.4) is 0 Å². The van der Waals surface area contributed by atoms with Crippen molar-refractivity contribution in [1.29, 1.82) is 0 Å². The van der Waals surface area contributed by atoms with Gasteiger partial charge in [-0.1, -0.05) is 30.3 Å². The Bertz CT molecular complexity index is 471. The summed E-state index contributed by atoms with van der Waals surface area (Å²) in [6, 6.07) is 7.19. The van der Waals surface area contributed by atoms with Crippen LogP contribution in [0.25, 0.3) is 0 Å². The van der Waals surface area contributed by atoms with E-state index in [0.717, 1.165) is 6.42 Å². The van der Waals surface area contributed by atoms with E-state index in [9.17, 15) is 14.7 Å². The number of carbonyl (C=O) groups excluding carboxylic acids is 1. The van der Waals surface area contributed by atoms with Gasteiger partial charge in [0.15, 0.2) is 6.04 Å². The smallest absolute Gasteiger partial charge is 0.330 e. The molecule has 20 heavy (non-hydrogen) atoms. The van der Waals surface area contributed by atoms with E-state index in [-0.39, 0.29) is 6.04 Å². The molecule has 1 heterocycles. The monoisotopic (exact) mass is 278 g/mol. The molecule has 0 saturated carbocycles. The number of carboxylic acids is 1. The number of benzene rings is 1. The molecule has 2 amide bonds. The highest BCUT2D eigenvalue weighted by molar-refractivity contribution is 5.83. The number of ether oxygens (including phenoxy) is 1. The average Bonchev–Trinajstić information content (AvgIpc) is 2.98. The summed E-state index contributed by atoms with van der Waals surface area (Å²) in [7, 11) is 1.65. The fraction of sp³-hybridized carbons (Fsp3) is 0.429. The largest absolute Gasteiger partial charge is 0.479 e. The van der Waals surface area contributed by atoms with Crippen molar-refractivity contribution in [1.82, 2.24) is 10.2 Å². The summed E-state index contributed by atoms with van der Waals surface area (Å²) in [6.07, 6.45) is 0.771. The predicted molar refractivity (Wildman–Crippen MR) is 72.3 cm³/mol. The molecule has 6 nitrogen and oxygen atoms in total. The van der Waals surface area contributed by atoms with Gasteiger partial charge in [0.1, 0.15) is 0 Å². The second-order valence-electron chi connectivity index (χ2n) is 4.76. The van der Waals surface area contributed by atoms with Crippen molar-refractivity contribution >= 4 is 12.0 Å². The van der Waals surface area contributed by atoms with Crippen molar-refractivity contribution in [2.75, 3.05) is 20.3 Å². The number of carbonyl (C=O) groups is 2. The molecule has 1 saturated heterocycles. The van der Waals surface area contributed by atoms with Crippen LogP contribution in [-0.2, 0) is 9.53 Å². The van der Waals surface area contributed by atoms with Crippen LogP contribution in [0, 0.1) is 0 Å². The molecule has 1 aromatic carbocycles. The third kappa shape index (κ3) is 3.27. The van der Waals surface area contributed by atoms with E-state index in [1.54, 1.807) is 37.4 Å². The van der Waals surface area contributed by atoms with E-state index >= 15 is 0 Å². The zero-order chi connectivity index (χ0) is 14.5. The fourth-order valence-corrected chi connectivity index (χ4v) is 2.15. The lowest BCUT2D eigenvalue weighted by Gasteiger charge is -2.25. The Morgan fingerprint density at radius 1 is 1.40 bits per heavy atom. The van der Waals surface area contributed by atoms with Crippen molar-refractivity contribution < 1.29 is 19.4 Å². The Morgan fingerprint density at radius 2 is 2.10 bits per heavy atom. The zero-order valence-electron chi connectivity index (χ0n) is 11.3. The molecule has 1 aliphatic heterocycles. The van der Waals surface area contributed by atoms with Crippen LogP contribution in [0.4, 0.5) is 4.79 Å². The van der Waals surface area contributed by atoms with Gasteiger partial charge in [-0.05, 0) is 12.0 Å². The molecule has 0 spiro atoms. The van der Waals surface area contributed by atoms with Gasteiger partial charge in [0.25, 0.3) is 0 Å². The highest BCUT2D eigenvalue weighted by Gasteiger charge is 2.28. The van der Waals surface area contributed by atoms with Crippen LogP contribution in [0.1, 0.15) is 18.0 Å². The second kappa shape index (κ2) is 6.38. The number of likely N-dealkylation sites (N-methyl/N-ethyl adjacent to an activating group) is 1. The summed E-state index contributed by atoms with van der Waals surface area (Å²) in [6.45, 7) is 1.12. The number of nitrogens with one attached hydrogen (secondary N) is 1. The first kappa shape index (κ1) is 14.3. The normalized spacial score (nSPS) is 19.4. The van der Waals surface area contributed by atoms with Crippen LogP contribution in [0.2, 0.25) is 0 Å². The molecule has 1 unspecified atom stereocenters. The van der Waals surface area contributed by atoms with Crippen molar-refractivity contribution in [2.24, 2.45) is 0 Å². The molecule has 108 valence electrons. The lowest BCUT2D eigenvalue weighted by atomic mass is 10.1. The summed E-state index contributed by atoms with van der Waals surface area (Å²) in [5.41, 5.74) is 0.546. The predicted octanol–water partition coefficient (Wildman–Crippen LogP) is 1.24. The number of urea groups is 1. The van der Waals surface area contributed by atoms with Gasteiger partial charge in [-0.15, -0.1) is 0 Å². The molecule has 0 bridgehead atoms. The van der Waals surface area contributed by atoms with E-state index < -0.39 is 18.0 Å². The average molecular weight is 278 g/mol. The number of hydrogen-bond acceptors (Lipinski definition) is 3. The Hall–Kier alpha value is -2.08. The molecule has 0 radical (unpaired) electrons. The van der Waals surface area contributed by atoms with Gasteiger partial charge in [-0.25, -0.2) is 9.59 Å². The Kier molecular flexibility index (Phi) is 4.57. The number of nitrogens with zero attached hydrogens (tertiary/aromatic N) is 1. The van der Waals surface area contributed by atoms with Gasteiger partial charge in [0.2, 0.25) is 0 Å². The first-order valence-corrected chi connectivity index (χ1v) is 6.48. The number of amides is 2. The van der Waals surface area contributed by atoms with Crippen LogP contribution in [0.5, 0.6) is 0 Å². The molecule has 0 aliphatic carbocycles. The summed E-state index contributed by atoms with van der Waals surface area (Å²) >= 11 is 0. The summed E-state index contributed by atoms with van der Waals surface area (Å²) in [5.74, 6) is -1.08. The van der Waals surface area contributed by atoms with Crippen LogP contribution < -0.4 is 5.32 Å². The molecule has 2 rings (SSSR count). The summed E-state index contributed by atoms with van der Waals surface area (Å²) in [5, 5.41) is 11.8. The molecular formula is C14H18N2O4. The maximum Gasteiger partial charge on any atom is 0.330 e. The lowest BCUT2D eigenvalue weighted by molar-refractivity contribution is -0.139. The minimum atomic E-state index is -1.08. The zero-order valence-corrected chi connectivity index (χ0v) is 11.3. The van der Waals surface area contributed by atoms with Crippen molar-refractivity contribution in [3.63, 3.8) is 0 Å². The molecule has 1 aromatic rings. The first-order valence-electron chi connectivity index (χ1n) is 6.48. The maximum absolute atomic E-state index is 12.1. The SMILES string of the molecule is CN(C(=O)N[C@H](C(=O)O)c1ccccc1)C1CCOC1. The Balaban J connectivity index is 2.04.